The summed E-state index contributed by atoms with van der Waals surface area (Å²) in [6, 6.07) is 0.427. The number of amides is 1. The van der Waals surface area contributed by atoms with Gasteiger partial charge in [-0.25, -0.2) is 0 Å². The lowest BCUT2D eigenvalue weighted by molar-refractivity contribution is -0.127. The second-order valence-corrected chi connectivity index (χ2v) is 5.92. The van der Waals surface area contributed by atoms with Crippen LogP contribution in [-0.2, 0) is 4.79 Å². The molecule has 2 bridgehead atoms. The molecule has 15 heavy (non-hydrogen) atoms. The lowest BCUT2D eigenvalue weighted by atomic mass is 9.88. The van der Waals surface area contributed by atoms with Gasteiger partial charge < -0.3 is 5.32 Å². The van der Waals surface area contributed by atoms with Crippen LogP contribution in [0.15, 0.2) is 0 Å². The average Bonchev–Trinajstić information content (AvgIpc) is 2.87. The first-order valence-corrected chi connectivity index (χ1v) is 6.54. The van der Waals surface area contributed by atoms with Gasteiger partial charge in [-0.1, -0.05) is 6.42 Å². The lowest BCUT2D eigenvalue weighted by Crippen LogP contribution is -2.40. The SMILES string of the molecule is CC(NC(=O)C1CC2CCC1C2)C1CC1. The summed E-state index contributed by atoms with van der Waals surface area (Å²) in [4.78, 5) is 12.1. The van der Waals surface area contributed by atoms with Gasteiger partial charge in [0.2, 0.25) is 5.91 Å². The highest BCUT2D eigenvalue weighted by atomic mass is 16.2. The zero-order chi connectivity index (χ0) is 10.4. The fraction of sp³-hybridized carbons (Fsp3) is 0.923. The Bertz CT molecular complexity index is 272. The summed E-state index contributed by atoms with van der Waals surface area (Å²) in [5, 5.41) is 3.23. The van der Waals surface area contributed by atoms with E-state index in [1.54, 1.807) is 0 Å². The van der Waals surface area contributed by atoms with Crippen molar-refractivity contribution in [3.8, 4) is 0 Å². The Labute approximate surface area is 91.8 Å². The van der Waals surface area contributed by atoms with Crippen molar-refractivity contribution in [3.05, 3.63) is 0 Å². The highest BCUT2D eigenvalue weighted by Crippen LogP contribution is 2.48. The molecule has 0 radical (unpaired) electrons. The Morgan fingerprint density at radius 3 is 2.53 bits per heavy atom. The summed E-state index contributed by atoms with van der Waals surface area (Å²) in [6.07, 6.45) is 7.83. The fourth-order valence-corrected chi connectivity index (χ4v) is 3.61. The smallest absolute Gasteiger partial charge is 0.223 e. The normalized spacial score (nSPS) is 40.5. The third-order valence-electron chi connectivity index (χ3n) is 4.77. The maximum Gasteiger partial charge on any atom is 0.223 e. The van der Waals surface area contributed by atoms with Gasteiger partial charge >= 0.3 is 0 Å². The van der Waals surface area contributed by atoms with Crippen molar-refractivity contribution in [2.75, 3.05) is 0 Å². The Morgan fingerprint density at radius 2 is 2.00 bits per heavy atom. The van der Waals surface area contributed by atoms with Crippen LogP contribution >= 0.6 is 0 Å². The van der Waals surface area contributed by atoms with Crippen molar-refractivity contribution in [2.45, 2.75) is 51.5 Å². The molecule has 2 heteroatoms. The second kappa shape index (κ2) is 3.50. The van der Waals surface area contributed by atoms with E-state index in [-0.39, 0.29) is 0 Å². The van der Waals surface area contributed by atoms with Crippen molar-refractivity contribution >= 4 is 5.91 Å². The van der Waals surface area contributed by atoms with Crippen LogP contribution in [0.25, 0.3) is 0 Å². The summed E-state index contributed by atoms with van der Waals surface area (Å²) in [5.41, 5.74) is 0. The molecule has 4 unspecified atom stereocenters. The van der Waals surface area contributed by atoms with Gasteiger partial charge in [-0.2, -0.15) is 0 Å². The molecule has 0 aromatic heterocycles. The maximum atomic E-state index is 12.1. The van der Waals surface area contributed by atoms with Crippen LogP contribution < -0.4 is 5.32 Å². The van der Waals surface area contributed by atoms with Crippen LogP contribution in [0.2, 0.25) is 0 Å². The summed E-state index contributed by atoms with van der Waals surface area (Å²) >= 11 is 0. The summed E-state index contributed by atoms with van der Waals surface area (Å²) in [6.45, 7) is 2.17. The number of carbonyl (C=O) groups is 1. The summed E-state index contributed by atoms with van der Waals surface area (Å²) in [5.74, 6) is 3.11. The van der Waals surface area contributed by atoms with Gasteiger partial charge in [0, 0.05) is 12.0 Å². The quantitative estimate of drug-likeness (QED) is 0.756. The molecule has 3 aliphatic rings. The summed E-state index contributed by atoms with van der Waals surface area (Å²) in [7, 11) is 0. The number of fused-ring (bicyclic) bond motifs is 2. The minimum Gasteiger partial charge on any atom is -0.353 e. The molecule has 4 atom stereocenters. The van der Waals surface area contributed by atoms with Crippen LogP contribution in [0.5, 0.6) is 0 Å². The molecule has 0 heterocycles. The summed E-state index contributed by atoms with van der Waals surface area (Å²) < 4.78 is 0. The molecule has 3 saturated carbocycles. The van der Waals surface area contributed by atoms with E-state index in [1.807, 2.05) is 0 Å². The van der Waals surface area contributed by atoms with Crippen molar-refractivity contribution in [1.29, 1.82) is 0 Å². The van der Waals surface area contributed by atoms with E-state index in [0.29, 0.717) is 17.9 Å². The van der Waals surface area contributed by atoms with E-state index in [9.17, 15) is 4.79 Å². The van der Waals surface area contributed by atoms with E-state index >= 15 is 0 Å². The Hall–Kier alpha value is -0.530. The zero-order valence-corrected chi connectivity index (χ0v) is 9.54. The standard InChI is InChI=1S/C13H21NO/c1-8(10-4-5-10)14-13(15)12-7-9-2-3-11(12)6-9/h8-12H,2-7H2,1H3,(H,14,15). The van der Waals surface area contributed by atoms with Crippen LogP contribution in [0.3, 0.4) is 0 Å². The maximum absolute atomic E-state index is 12.1. The molecule has 2 nitrogen and oxygen atoms in total. The van der Waals surface area contributed by atoms with E-state index in [1.165, 1.54) is 38.5 Å². The highest BCUT2D eigenvalue weighted by molar-refractivity contribution is 5.79. The highest BCUT2D eigenvalue weighted by Gasteiger charge is 2.43. The lowest BCUT2D eigenvalue weighted by Gasteiger charge is -2.23. The first-order chi connectivity index (χ1) is 7.24. The van der Waals surface area contributed by atoms with Crippen molar-refractivity contribution < 1.29 is 4.79 Å². The van der Waals surface area contributed by atoms with Crippen LogP contribution in [0, 0.1) is 23.7 Å². The molecule has 1 N–H and O–H groups in total. The largest absolute Gasteiger partial charge is 0.353 e. The Kier molecular flexibility index (Phi) is 2.26. The molecule has 3 aliphatic carbocycles. The van der Waals surface area contributed by atoms with Gasteiger partial charge in [-0.15, -0.1) is 0 Å². The molecule has 3 rings (SSSR count). The molecule has 0 aromatic carbocycles. The average molecular weight is 207 g/mol. The van der Waals surface area contributed by atoms with Gasteiger partial charge in [0.05, 0.1) is 0 Å². The molecule has 84 valence electrons. The third kappa shape index (κ3) is 1.79. The molecule has 0 spiro atoms. The van der Waals surface area contributed by atoms with Crippen LogP contribution in [0.1, 0.15) is 45.4 Å². The number of rotatable bonds is 3. The number of hydrogen-bond acceptors (Lipinski definition) is 1. The molecule has 1 amide bonds. The zero-order valence-electron chi connectivity index (χ0n) is 9.54. The fourth-order valence-electron chi connectivity index (χ4n) is 3.61. The number of nitrogens with one attached hydrogen (secondary N) is 1. The van der Waals surface area contributed by atoms with Crippen molar-refractivity contribution in [3.63, 3.8) is 0 Å². The van der Waals surface area contributed by atoms with Crippen LogP contribution in [0.4, 0.5) is 0 Å². The van der Waals surface area contributed by atoms with Gasteiger partial charge in [0.25, 0.3) is 0 Å². The van der Waals surface area contributed by atoms with Gasteiger partial charge in [-0.3, -0.25) is 4.79 Å². The topological polar surface area (TPSA) is 29.1 Å². The minimum atomic E-state index is 0.363. The molecular formula is C13H21NO. The van der Waals surface area contributed by atoms with Crippen molar-refractivity contribution in [2.24, 2.45) is 23.7 Å². The number of carbonyl (C=O) groups excluding carboxylic acids is 1. The molecule has 0 aliphatic heterocycles. The molecule has 0 saturated heterocycles. The molecule has 0 aromatic rings. The van der Waals surface area contributed by atoms with Crippen LogP contribution in [-0.4, -0.2) is 11.9 Å². The second-order valence-electron chi connectivity index (χ2n) is 5.92. The predicted molar refractivity (Wildman–Crippen MR) is 59.3 cm³/mol. The Balaban J connectivity index is 1.55. The van der Waals surface area contributed by atoms with Gasteiger partial charge in [0.15, 0.2) is 0 Å². The predicted octanol–water partition coefficient (Wildman–Crippen LogP) is 2.34. The van der Waals surface area contributed by atoms with E-state index < -0.39 is 0 Å². The van der Waals surface area contributed by atoms with Gasteiger partial charge in [-0.05, 0) is 56.8 Å². The van der Waals surface area contributed by atoms with E-state index in [4.69, 9.17) is 0 Å². The van der Waals surface area contributed by atoms with Crippen molar-refractivity contribution in [1.82, 2.24) is 5.32 Å². The third-order valence-corrected chi connectivity index (χ3v) is 4.77. The minimum absolute atomic E-state index is 0.363. The van der Waals surface area contributed by atoms with E-state index in [2.05, 4.69) is 12.2 Å². The first-order valence-electron chi connectivity index (χ1n) is 6.54. The molecule has 3 fully saturated rings. The first kappa shape index (κ1) is 9.68. The molecular weight excluding hydrogens is 186 g/mol. The van der Waals surface area contributed by atoms with Gasteiger partial charge in [0.1, 0.15) is 0 Å². The monoisotopic (exact) mass is 207 g/mol. The number of hydrogen-bond donors (Lipinski definition) is 1. The van der Waals surface area contributed by atoms with E-state index in [0.717, 1.165) is 17.8 Å². The Morgan fingerprint density at radius 1 is 1.20 bits per heavy atom.